The van der Waals surface area contributed by atoms with E-state index in [1.54, 1.807) is 17.9 Å². The summed E-state index contributed by atoms with van der Waals surface area (Å²) in [7, 11) is 0. The highest BCUT2D eigenvalue weighted by molar-refractivity contribution is 5.94. The first-order valence-electron chi connectivity index (χ1n) is 12.3. The average molecular weight is 483 g/mol. The van der Waals surface area contributed by atoms with Crippen LogP contribution in [0.2, 0.25) is 0 Å². The number of amides is 1. The van der Waals surface area contributed by atoms with E-state index in [0.717, 1.165) is 23.1 Å². The highest BCUT2D eigenvalue weighted by Gasteiger charge is 2.56. The summed E-state index contributed by atoms with van der Waals surface area (Å²) in [5, 5.41) is 11.2. The number of aliphatic hydroxyl groups excluding tert-OH is 1. The van der Waals surface area contributed by atoms with Crippen LogP contribution in [0.3, 0.4) is 0 Å². The van der Waals surface area contributed by atoms with E-state index >= 15 is 0 Å². The van der Waals surface area contributed by atoms with Crippen LogP contribution in [0.25, 0.3) is 0 Å². The molecule has 9 heteroatoms. The Morgan fingerprint density at radius 2 is 1.77 bits per heavy atom. The van der Waals surface area contributed by atoms with E-state index in [9.17, 15) is 19.5 Å². The molecular formula is C26H30N2O7. The number of hydrogen-bond acceptors (Lipinski definition) is 8. The molecule has 1 spiro atoms. The Morgan fingerprint density at radius 3 is 2.46 bits per heavy atom. The van der Waals surface area contributed by atoms with Crippen molar-refractivity contribution in [1.82, 2.24) is 9.80 Å². The van der Waals surface area contributed by atoms with Crippen LogP contribution in [-0.2, 0) is 30.4 Å². The number of ether oxygens (including phenoxy) is 3. The van der Waals surface area contributed by atoms with Crippen molar-refractivity contribution in [2.24, 2.45) is 5.41 Å². The van der Waals surface area contributed by atoms with Gasteiger partial charge in [-0.25, -0.2) is 9.59 Å². The maximum atomic E-state index is 13.7. The lowest BCUT2D eigenvalue weighted by molar-refractivity contribution is -0.152. The van der Waals surface area contributed by atoms with Gasteiger partial charge in [-0.2, -0.15) is 0 Å². The summed E-state index contributed by atoms with van der Waals surface area (Å²) in [4.78, 5) is 41.5. The second kappa shape index (κ2) is 8.15. The Balaban J connectivity index is 1.21. The number of carbonyl (C=O) groups excluding carboxylic acids is 3. The normalized spacial score (nSPS) is 31.3. The molecule has 1 amide bonds. The van der Waals surface area contributed by atoms with E-state index < -0.39 is 11.5 Å². The molecule has 2 bridgehead atoms. The van der Waals surface area contributed by atoms with E-state index in [2.05, 4.69) is 4.90 Å². The molecule has 0 unspecified atom stereocenters. The summed E-state index contributed by atoms with van der Waals surface area (Å²) >= 11 is 0. The second-order valence-corrected chi connectivity index (χ2v) is 10.5. The summed E-state index contributed by atoms with van der Waals surface area (Å²) in [5.41, 5.74) is 3.88. The number of nitrogens with zero attached hydrogens (tertiary/aromatic N) is 2. The minimum Gasteiger partial charge on any atom is -0.457 e. The number of esters is 2. The van der Waals surface area contributed by atoms with Crippen LogP contribution >= 0.6 is 0 Å². The number of benzene rings is 1. The molecule has 1 aromatic rings. The zero-order valence-corrected chi connectivity index (χ0v) is 20.0. The standard InChI is InChI=1S/C26H30N2O7/c1-14-18(3-4-19-20(14)12-34-24(19)31)22(29)9-28-16-7-26(8-17(28)11-33-10-16)5-6-27(25(26)32)21-13-35-23(30)15(21)2/h3-4,16-17,22,29H,5-13H2,1-2H3/t16-,17+,22-,26+/m0/s1. The first kappa shape index (κ1) is 22.7. The molecule has 1 aromatic carbocycles. The lowest BCUT2D eigenvalue weighted by atomic mass is 9.70. The molecule has 0 aliphatic carbocycles. The Bertz CT molecular complexity index is 1140. The molecule has 0 saturated carbocycles. The first-order chi connectivity index (χ1) is 16.8. The van der Waals surface area contributed by atoms with Gasteiger partial charge >= 0.3 is 11.9 Å². The SMILES string of the molecule is CC1=C(N2CC[C@]3(C[C@H]4COC[C@@H](C3)N4C[C@H](O)c3ccc4c(c3C)COC4=O)C2=O)COC1=O. The number of aliphatic hydroxyl groups is 1. The molecule has 3 saturated heterocycles. The third-order valence-corrected chi connectivity index (χ3v) is 8.68. The summed E-state index contributed by atoms with van der Waals surface area (Å²) in [6, 6.07) is 3.61. The smallest absolute Gasteiger partial charge is 0.338 e. The topological polar surface area (TPSA) is 106 Å². The van der Waals surface area contributed by atoms with E-state index in [4.69, 9.17) is 14.2 Å². The Kier molecular flexibility index (Phi) is 5.28. The molecule has 5 aliphatic rings. The summed E-state index contributed by atoms with van der Waals surface area (Å²) in [5.74, 6) is -0.575. The van der Waals surface area contributed by atoms with E-state index in [0.29, 0.717) is 56.0 Å². The van der Waals surface area contributed by atoms with Crippen LogP contribution in [0.1, 0.15) is 59.3 Å². The molecule has 0 radical (unpaired) electrons. The van der Waals surface area contributed by atoms with Crippen LogP contribution in [0, 0.1) is 12.3 Å². The first-order valence-corrected chi connectivity index (χ1v) is 12.3. The Labute approximate surface area is 203 Å². The third-order valence-electron chi connectivity index (χ3n) is 8.68. The number of piperidine rings is 1. The number of morpholine rings is 1. The van der Waals surface area contributed by atoms with Gasteiger partial charge in [-0.15, -0.1) is 0 Å². The van der Waals surface area contributed by atoms with Gasteiger partial charge in [0.2, 0.25) is 5.91 Å². The molecule has 3 fully saturated rings. The van der Waals surface area contributed by atoms with E-state index in [1.807, 2.05) is 13.0 Å². The van der Waals surface area contributed by atoms with Gasteiger partial charge in [0.15, 0.2) is 0 Å². The highest BCUT2D eigenvalue weighted by atomic mass is 16.5. The zero-order valence-electron chi connectivity index (χ0n) is 20.0. The summed E-state index contributed by atoms with van der Waals surface area (Å²) < 4.78 is 16.2. The average Bonchev–Trinajstić information content (AvgIpc) is 3.46. The second-order valence-electron chi connectivity index (χ2n) is 10.5. The van der Waals surface area contributed by atoms with E-state index in [1.165, 1.54) is 0 Å². The molecule has 9 nitrogen and oxygen atoms in total. The van der Waals surface area contributed by atoms with Crippen molar-refractivity contribution >= 4 is 17.8 Å². The van der Waals surface area contributed by atoms with Crippen LogP contribution < -0.4 is 0 Å². The van der Waals surface area contributed by atoms with Gasteiger partial charge < -0.3 is 24.2 Å². The molecule has 0 aromatic heterocycles. The van der Waals surface area contributed by atoms with Crippen molar-refractivity contribution in [3.63, 3.8) is 0 Å². The predicted octanol–water partition coefficient (Wildman–Crippen LogP) is 1.61. The third kappa shape index (κ3) is 3.43. The number of cyclic esters (lactones) is 2. The summed E-state index contributed by atoms with van der Waals surface area (Å²) in [6.07, 6.45) is 1.35. The van der Waals surface area contributed by atoms with Gasteiger partial charge in [0, 0.05) is 30.7 Å². The van der Waals surface area contributed by atoms with Gasteiger partial charge in [-0.05, 0) is 50.3 Å². The number of likely N-dealkylation sites (tertiary alicyclic amines) is 1. The van der Waals surface area contributed by atoms with Crippen molar-refractivity contribution in [2.75, 3.05) is 32.9 Å². The Morgan fingerprint density at radius 1 is 1.06 bits per heavy atom. The molecule has 35 heavy (non-hydrogen) atoms. The molecule has 5 heterocycles. The fraction of sp³-hybridized carbons (Fsp3) is 0.577. The maximum Gasteiger partial charge on any atom is 0.338 e. The minimum absolute atomic E-state index is 0.0252. The Hall–Kier alpha value is -2.75. The largest absolute Gasteiger partial charge is 0.457 e. The van der Waals surface area contributed by atoms with Crippen LogP contribution in [0.15, 0.2) is 23.4 Å². The fourth-order valence-corrected chi connectivity index (χ4v) is 6.70. The predicted molar refractivity (Wildman–Crippen MR) is 122 cm³/mol. The van der Waals surface area contributed by atoms with Crippen LogP contribution in [-0.4, -0.2) is 77.7 Å². The quantitative estimate of drug-likeness (QED) is 0.646. The molecule has 6 rings (SSSR count). The fourth-order valence-electron chi connectivity index (χ4n) is 6.70. The number of hydrogen-bond donors (Lipinski definition) is 1. The molecule has 5 aliphatic heterocycles. The van der Waals surface area contributed by atoms with Crippen LogP contribution in [0.4, 0.5) is 0 Å². The van der Waals surface area contributed by atoms with Crippen molar-refractivity contribution in [2.45, 2.75) is 57.9 Å². The van der Waals surface area contributed by atoms with Gasteiger partial charge in [-0.3, -0.25) is 9.69 Å². The van der Waals surface area contributed by atoms with Gasteiger partial charge in [-0.1, -0.05) is 6.07 Å². The van der Waals surface area contributed by atoms with Crippen molar-refractivity contribution in [3.8, 4) is 0 Å². The summed E-state index contributed by atoms with van der Waals surface area (Å²) in [6.45, 7) is 6.13. The van der Waals surface area contributed by atoms with Gasteiger partial charge in [0.25, 0.3) is 0 Å². The highest BCUT2D eigenvalue weighted by Crippen LogP contribution is 2.49. The monoisotopic (exact) mass is 482 g/mol. The van der Waals surface area contributed by atoms with Crippen molar-refractivity contribution in [3.05, 3.63) is 45.7 Å². The molecule has 4 atom stereocenters. The van der Waals surface area contributed by atoms with Crippen molar-refractivity contribution in [1.29, 1.82) is 0 Å². The number of carbonyl (C=O) groups is 3. The molecule has 1 N–H and O–H groups in total. The lowest BCUT2D eigenvalue weighted by Crippen LogP contribution is -2.61. The van der Waals surface area contributed by atoms with E-state index in [-0.39, 0.29) is 43.1 Å². The molecular weight excluding hydrogens is 452 g/mol. The van der Waals surface area contributed by atoms with Crippen LogP contribution in [0.5, 0.6) is 0 Å². The lowest BCUT2D eigenvalue weighted by Gasteiger charge is -2.52. The zero-order chi connectivity index (χ0) is 24.5. The minimum atomic E-state index is -0.724. The van der Waals surface area contributed by atoms with Gasteiger partial charge in [0.1, 0.15) is 13.2 Å². The number of fused-ring (bicyclic) bond motifs is 3. The molecule has 186 valence electrons. The van der Waals surface area contributed by atoms with Crippen molar-refractivity contribution < 1.29 is 33.7 Å². The maximum absolute atomic E-state index is 13.7. The van der Waals surface area contributed by atoms with Gasteiger partial charge in [0.05, 0.1) is 41.6 Å². The number of rotatable bonds is 4.